The molecule has 98 valence electrons. The Balaban J connectivity index is -0.0000000342. The summed E-state index contributed by atoms with van der Waals surface area (Å²) in [5.74, 6) is 2.07. The van der Waals surface area contributed by atoms with Gasteiger partial charge in [-0.2, -0.15) is 0 Å². The molecule has 8 heteroatoms. The maximum absolute atomic E-state index is 9.92. The smallest absolute Gasteiger partial charge is 0 e. The van der Waals surface area contributed by atoms with Gasteiger partial charge in [-0.1, -0.05) is 0 Å². The normalized spacial score (nSPS) is 5.56. The minimum Gasteiger partial charge on any atom is 0 e. The Labute approximate surface area is 119 Å². The van der Waals surface area contributed by atoms with Gasteiger partial charge in [0.05, 0.1) is 0 Å². The first-order chi connectivity index (χ1) is 7.95. The maximum Gasteiger partial charge on any atom is 0 e. The molecule has 0 unspecified atom stereocenters. The topological polar surface area (TPSA) is 106 Å². The second-order valence-electron chi connectivity index (χ2n) is 2.87. The van der Waals surface area contributed by atoms with E-state index in [1.807, 2.05) is 19.6 Å². The predicted molar refractivity (Wildman–Crippen MR) is 55.0 cm³/mol. The molecule has 0 radical (unpaired) electrons. The average molecular weight is 308 g/mol. The van der Waals surface area contributed by atoms with E-state index in [0.29, 0.717) is 5.76 Å². The van der Waals surface area contributed by atoms with Crippen molar-refractivity contribution in [3.63, 3.8) is 0 Å². The fraction of sp³-hybridized carbons (Fsp3) is 0.400. The molecule has 0 aliphatic carbocycles. The zero-order valence-corrected chi connectivity index (χ0v) is 12.6. The Morgan fingerprint density at radius 3 is 1.22 bits per heavy atom. The summed E-state index contributed by atoms with van der Waals surface area (Å²) in [5.41, 5.74) is 0. The first-order valence-electron chi connectivity index (χ1n) is 3.68. The second kappa shape index (κ2) is 36.0. The molecule has 0 aromatic carbocycles. The van der Waals surface area contributed by atoms with Gasteiger partial charge >= 0.3 is 45.2 Å². The summed E-state index contributed by atoms with van der Waals surface area (Å²) in [6, 6.07) is 0. The second-order valence-corrected chi connectivity index (χ2v) is 7.30. The van der Waals surface area contributed by atoms with Crippen molar-refractivity contribution in [2.75, 3.05) is 0 Å². The molecule has 0 heterocycles. The fourth-order valence-corrected chi connectivity index (χ4v) is 1.44. The molecule has 0 saturated carbocycles. The first-order valence-corrected chi connectivity index (χ1v) is 7.09. The Hall–Kier alpha value is -1.04. The van der Waals surface area contributed by atoms with Crippen LogP contribution in [-0.2, 0) is 45.2 Å². The fourth-order valence-electron chi connectivity index (χ4n) is 0.480. The number of rotatable bonds is 2. The van der Waals surface area contributed by atoms with Gasteiger partial charge < -0.3 is 4.43 Å². The quantitative estimate of drug-likeness (QED) is 0.253. The first kappa shape index (κ1) is 36.0. The van der Waals surface area contributed by atoms with Crippen LogP contribution in [0.4, 0.5) is 0 Å². The van der Waals surface area contributed by atoms with Crippen molar-refractivity contribution < 1.29 is 45.2 Å². The van der Waals surface area contributed by atoms with Gasteiger partial charge in [-0.05, 0) is 19.6 Å². The molecule has 6 nitrogen and oxygen atoms in total. The Bertz CT molecular complexity index is 256. The van der Waals surface area contributed by atoms with E-state index in [1.54, 1.807) is 12.9 Å². The largest absolute Gasteiger partial charge is 0 e. The standard InChI is InChI=1S/C6H12O2Si.4CO.Cr/c1-6(5-7)8-9(2,3)4;4*1-2;/h1-4H3;;;;;. The van der Waals surface area contributed by atoms with E-state index in [0.717, 1.165) is 0 Å². The van der Waals surface area contributed by atoms with Crippen molar-refractivity contribution in [2.24, 2.45) is 0 Å². The zero-order valence-electron chi connectivity index (χ0n) is 10.4. The van der Waals surface area contributed by atoms with Gasteiger partial charge in [0.25, 0.3) is 0 Å². The van der Waals surface area contributed by atoms with Gasteiger partial charge in [-0.25, -0.2) is 4.79 Å². The van der Waals surface area contributed by atoms with Crippen LogP contribution in [0.2, 0.25) is 19.6 Å². The van der Waals surface area contributed by atoms with Gasteiger partial charge in [-0.3, -0.25) is 0 Å². The predicted octanol–water partition coefficient (Wildman–Crippen LogP) is 1.42. The zero-order chi connectivity index (χ0) is 15.5. The van der Waals surface area contributed by atoms with Crippen LogP contribution in [0.1, 0.15) is 6.92 Å². The molecular formula is C10H12CrO6Si. The van der Waals surface area contributed by atoms with E-state index in [1.165, 1.54) is 0 Å². The van der Waals surface area contributed by atoms with Crippen molar-refractivity contribution in [3.05, 3.63) is 32.4 Å². The third kappa shape index (κ3) is 82.1. The molecule has 0 aromatic rings. The number of allylic oxidation sites excluding steroid dienone is 1. The monoisotopic (exact) mass is 308 g/mol. The van der Waals surface area contributed by atoms with Crippen molar-refractivity contribution in [2.45, 2.75) is 26.6 Å². The van der Waals surface area contributed by atoms with Crippen molar-refractivity contribution in [1.82, 2.24) is 0 Å². The average Bonchev–Trinajstić information content (AvgIpc) is 2.37. The molecule has 0 fully saturated rings. The molecule has 0 saturated heterocycles. The minimum atomic E-state index is -1.54. The SMILES string of the molecule is CC(=C=O)O[Si](C)(C)C.[C-]#[O+].[C-]#[O+].[C-]#[O+].[C-]#[O+].[Cr]. The number of hydrogen-bond acceptors (Lipinski definition) is 2. The van der Waals surface area contributed by atoms with Crippen molar-refractivity contribution >= 4 is 14.3 Å². The number of carbonyl (C=O) groups excluding carboxylic acids is 1. The van der Waals surface area contributed by atoms with Gasteiger partial charge in [0.1, 0.15) is 0 Å². The molecule has 0 N–H and O–H groups in total. The third-order valence-corrected chi connectivity index (χ3v) is 1.52. The summed E-state index contributed by atoms with van der Waals surface area (Å²) >= 11 is 0. The van der Waals surface area contributed by atoms with Gasteiger partial charge in [0, 0.05) is 24.3 Å². The molecular weight excluding hydrogens is 296 g/mol. The summed E-state index contributed by atoms with van der Waals surface area (Å²) in [5, 5.41) is 0. The summed E-state index contributed by atoms with van der Waals surface area (Å²) in [6.45, 7) is 25.7. The summed E-state index contributed by atoms with van der Waals surface area (Å²) < 4.78 is 35.2. The molecule has 0 amide bonds. The summed E-state index contributed by atoms with van der Waals surface area (Å²) in [6.07, 6.45) is 0. The van der Waals surface area contributed by atoms with E-state index in [2.05, 4.69) is 26.6 Å². The molecule has 0 atom stereocenters. The minimum absolute atomic E-state index is 0. The van der Waals surface area contributed by atoms with Crippen LogP contribution in [-0.4, -0.2) is 14.3 Å². The Morgan fingerprint density at radius 1 is 0.944 bits per heavy atom. The van der Waals surface area contributed by atoms with E-state index in [4.69, 9.17) is 23.0 Å². The molecule has 0 spiro atoms. The van der Waals surface area contributed by atoms with E-state index in [9.17, 15) is 4.79 Å². The van der Waals surface area contributed by atoms with Crippen LogP contribution in [0, 0.1) is 26.6 Å². The Kier molecular flexibility index (Phi) is 71.9. The molecule has 0 aliphatic heterocycles. The van der Waals surface area contributed by atoms with Gasteiger partial charge in [0.2, 0.25) is 8.32 Å². The maximum atomic E-state index is 9.92. The Morgan fingerprint density at radius 2 is 1.17 bits per heavy atom. The van der Waals surface area contributed by atoms with Crippen molar-refractivity contribution in [3.8, 4) is 0 Å². The van der Waals surface area contributed by atoms with E-state index < -0.39 is 8.32 Å². The van der Waals surface area contributed by atoms with Crippen LogP contribution >= 0.6 is 0 Å². The van der Waals surface area contributed by atoms with Gasteiger partial charge in [-0.15, -0.1) is 0 Å². The molecule has 0 aliphatic rings. The van der Waals surface area contributed by atoms with Crippen LogP contribution < -0.4 is 0 Å². The van der Waals surface area contributed by atoms with Crippen LogP contribution in [0.25, 0.3) is 0 Å². The summed E-state index contributed by atoms with van der Waals surface area (Å²) in [7, 11) is -1.54. The summed E-state index contributed by atoms with van der Waals surface area (Å²) in [4.78, 5) is 9.92. The van der Waals surface area contributed by atoms with Crippen LogP contribution in [0.5, 0.6) is 0 Å². The van der Waals surface area contributed by atoms with E-state index in [-0.39, 0.29) is 17.4 Å². The molecule has 0 rings (SSSR count). The molecule has 18 heavy (non-hydrogen) atoms. The van der Waals surface area contributed by atoms with Crippen LogP contribution in [0.3, 0.4) is 0 Å². The van der Waals surface area contributed by atoms with Crippen molar-refractivity contribution in [1.29, 1.82) is 0 Å². The molecule has 0 aromatic heterocycles. The number of hydrogen-bond donors (Lipinski definition) is 0. The van der Waals surface area contributed by atoms with Gasteiger partial charge in [0.15, 0.2) is 11.7 Å². The molecule has 0 bridgehead atoms. The van der Waals surface area contributed by atoms with E-state index >= 15 is 0 Å². The third-order valence-electron chi connectivity index (χ3n) is 0.603. The van der Waals surface area contributed by atoms with Crippen LogP contribution in [0.15, 0.2) is 5.76 Å².